The van der Waals surface area contributed by atoms with Crippen LogP contribution in [0.5, 0.6) is 5.88 Å². The minimum Gasteiger partial charge on any atom is -0.475 e. The average Bonchev–Trinajstić information content (AvgIpc) is 3.02. The lowest BCUT2D eigenvalue weighted by molar-refractivity contribution is 0.0337. The number of aromatic nitrogens is 2. The van der Waals surface area contributed by atoms with Crippen molar-refractivity contribution < 1.29 is 14.3 Å². The van der Waals surface area contributed by atoms with Gasteiger partial charge in [-0.2, -0.15) is 0 Å². The van der Waals surface area contributed by atoms with Crippen molar-refractivity contribution in [2.45, 2.75) is 26.5 Å². The second-order valence-electron chi connectivity index (χ2n) is 6.04. The molecule has 25 heavy (non-hydrogen) atoms. The Morgan fingerprint density at radius 3 is 2.88 bits per heavy atom. The summed E-state index contributed by atoms with van der Waals surface area (Å²) in [5, 5.41) is 5.39. The summed E-state index contributed by atoms with van der Waals surface area (Å²) < 4.78 is 10.8. The zero-order valence-corrected chi connectivity index (χ0v) is 15.2. The molecule has 0 spiro atoms. The second-order valence-corrected chi connectivity index (χ2v) is 6.90. The maximum Gasteiger partial charge on any atom is 0.259 e. The van der Waals surface area contributed by atoms with Crippen molar-refractivity contribution in [1.29, 1.82) is 0 Å². The molecule has 1 amide bonds. The fourth-order valence-electron chi connectivity index (χ4n) is 2.42. The first kappa shape index (κ1) is 17.8. The van der Waals surface area contributed by atoms with Crippen LogP contribution >= 0.6 is 11.3 Å². The Morgan fingerprint density at radius 2 is 2.20 bits per heavy atom. The van der Waals surface area contributed by atoms with Crippen LogP contribution in [0.2, 0.25) is 0 Å². The predicted octanol–water partition coefficient (Wildman–Crippen LogP) is 2.41. The van der Waals surface area contributed by atoms with E-state index in [0.717, 1.165) is 38.5 Å². The molecule has 1 fully saturated rings. The van der Waals surface area contributed by atoms with Crippen LogP contribution in [0.3, 0.4) is 0 Å². The summed E-state index contributed by atoms with van der Waals surface area (Å²) in [4.78, 5) is 23.2. The molecule has 0 saturated carbocycles. The van der Waals surface area contributed by atoms with E-state index in [1.165, 1.54) is 17.5 Å². The highest BCUT2D eigenvalue weighted by molar-refractivity contribution is 7.13. The van der Waals surface area contributed by atoms with Gasteiger partial charge in [-0.1, -0.05) is 0 Å². The number of nitrogens with one attached hydrogen (secondary N) is 1. The second kappa shape index (κ2) is 8.37. The number of amides is 1. The Balaban J connectivity index is 1.55. The van der Waals surface area contributed by atoms with E-state index in [1.54, 1.807) is 12.1 Å². The molecule has 0 aromatic carbocycles. The van der Waals surface area contributed by atoms with Gasteiger partial charge in [-0.3, -0.25) is 15.0 Å². The van der Waals surface area contributed by atoms with E-state index < -0.39 is 0 Å². The molecule has 3 heterocycles. The number of rotatable bonds is 6. The molecule has 1 aliphatic rings. The first-order valence-corrected chi connectivity index (χ1v) is 9.16. The molecule has 0 unspecified atom stereocenters. The molecule has 0 bridgehead atoms. The topological polar surface area (TPSA) is 76.6 Å². The first-order chi connectivity index (χ1) is 12.1. The maximum atomic E-state index is 12.3. The van der Waals surface area contributed by atoms with Crippen LogP contribution in [0.4, 0.5) is 5.13 Å². The van der Waals surface area contributed by atoms with Gasteiger partial charge in [0.05, 0.1) is 30.6 Å². The van der Waals surface area contributed by atoms with Gasteiger partial charge < -0.3 is 9.47 Å². The summed E-state index contributed by atoms with van der Waals surface area (Å²) in [6.07, 6.45) is 1.56. The molecule has 2 aromatic rings. The number of pyridine rings is 1. The molecular weight excluding hydrogens is 340 g/mol. The van der Waals surface area contributed by atoms with Gasteiger partial charge in [-0.15, -0.1) is 11.3 Å². The van der Waals surface area contributed by atoms with Crippen molar-refractivity contribution in [3.8, 4) is 5.88 Å². The van der Waals surface area contributed by atoms with Crippen LogP contribution in [-0.2, 0) is 11.3 Å². The summed E-state index contributed by atoms with van der Waals surface area (Å²) in [5.74, 6) is 0.282. The zero-order valence-electron chi connectivity index (χ0n) is 14.4. The number of nitrogens with zero attached hydrogens (tertiary/aromatic N) is 3. The van der Waals surface area contributed by atoms with Gasteiger partial charge in [0.1, 0.15) is 0 Å². The molecule has 0 radical (unpaired) electrons. The maximum absolute atomic E-state index is 12.3. The normalized spacial score (nSPS) is 15.3. The molecular formula is C17H22N4O3S. The van der Waals surface area contributed by atoms with Gasteiger partial charge in [-0.25, -0.2) is 9.97 Å². The van der Waals surface area contributed by atoms with E-state index in [4.69, 9.17) is 9.47 Å². The third-order valence-corrected chi connectivity index (χ3v) is 4.42. The smallest absolute Gasteiger partial charge is 0.259 e. The van der Waals surface area contributed by atoms with Crippen molar-refractivity contribution in [3.05, 3.63) is 35.0 Å². The van der Waals surface area contributed by atoms with E-state index in [2.05, 4.69) is 20.2 Å². The fourth-order valence-corrected chi connectivity index (χ4v) is 3.12. The van der Waals surface area contributed by atoms with Crippen LogP contribution < -0.4 is 10.1 Å². The number of morpholine rings is 1. The van der Waals surface area contributed by atoms with Crippen molar-refractivity contribution in [1.82, 2.24) is 14.9 Å². The Morgan fingerprint density at radius 1 is 1.40 bits per heavy atom. The van der Waals surface area contributed by atoms with Crippen LogP contribution in [0.15, 0.2) is 23.7 Å². The third-order valence-electron chi connectivity index (χ3n) is 3.62. The van der Waals surface area contributed by atoms with Crippen molar-refractivity contribution in [3.63, 3.8) is 0 Å². The molecule has 134 valence electrons. The quantitative estimate of drug-likeness (QED) is 0.850. The molecule has 7 nitrogen and oxygen atoms in total. The van der Waals surface area contributed by atoms with Gasteiger partial charge in [0.15, 0.2) is 5.13 Å². The average molecular weight is 362 g/mol. The van der Waals surface area contributed by atoms with E-state index in [-0.39, 0.29) is 12.0 Å². The summed E-state index contributed by atoms with van der Waals surface area (Å²) in [5.41, 5.74) is 1.43. The molecule has 3 rings (SSSR count). The number of thiazole rings is 1. The minimum absolute atomic E-state index is 0.0485. The Labute approximate surface area is 151 Å². The highest BCUT2D eigenvalue weighted by atomic mass is 32.1. The molecule has 8 heteroatoms. The van der Waals surface area contributed by atoms with Crippen LogP contribution in [0, 0.1) is 0 Å². The number of carbonyl (C=O) groups excluding carboxylic acids is 1. The number of anilines is 1. The minimum atomic E-state index is -0.226. The van der Waals surface area contributed by atoms with E-state index in [9.17, 15) is 4.79 Å². The molecule has 0 aliphatic carbocycles. The molecule has 0 atom stereocenters. The SMILES string of the molecule is CC(C)Oc1ccc(C(=O)Nc2nc(CN3CCOCC3)cs2)cn1. The van der Waals surface area contributed by atoms with Crippen molar-refractivity contribution in [2.24, 2.45) is 0 Å². The number of hydrogen-bond acceptors (Lipinski definition) is 7. The summed E-state index contributed by atoms with van der Waals surface area (Å²) in [7, 11) is 0. The largest absolute Gasteiger partial charge is 0.475 e. The fraction of sp³-hybridized carbons (Fsp3) is 0.471. The van der Waals surface area contributed by atoms with Gasteiger partial charge in [0.25, 0.3) is 5.91 Å². The van der Waals surface area contributed by atoms with E-state index in [0.29, 0.717) is 16.6 Å². The Hall–Kier alpha value is -2.03. The lowest BCUT2D eigenvalue weighted by atomic mass is 10.3. The van der Waals surface area contributed by atoms with Crippen molar-refractivity contribution >= 4 is 22.4 Å². The van der Waals surface area contributed by atoms with E-state index in [1.807, 2.05) is 19.2 Å². The highest BCUT2D eigenvalue weighted by Gasteiger charge is 2.14. The highest BCUT2D eigenvalue weighted by Crippen LogP contribution is 2.18. The lowest BCUT2D eigenvalue weighted by Gasteiger charge is -2.25. The summed E-state index contributed by atoms with van der Waals surface area (Å²) in [6, 6.07) is 3.39. The Kier molecular flexibility index (Phi) is 5.95. The molecule has 2 aromatic heterocycles. The van der Waals surface area contributed by atoms with Gasteiger partial charge in [0, 0.05) is 37.3 Å². The van der Waals surface area contributed by atoms with Gasteiger partial charge >= 0.3 is 0 Å². The van der Waals surface area contributed by atoms with E-state index >= 15 is 0 Å². The standard InChI is InChI=1S/C17H22N4O3S/c1-12(2)24-15-4-3-13(9-18-15)16(22)20-17-19-14(11-25-17)10-21-5-7-23-8-6-21/h3-4,9,11-12H,5-8,10H2,1-2H3,(H,19,20,22). The molecule has 1 saturated heterocycles. The number of carbonyl (C=O) groups is 1. The molecule has 1 N–H and O–H groups in total. The van der Waals surface area contributed by atoms with Gasteiger partial charge in [-0.05, 0) is 19.9 Å². The van der Waals surface area contributed by atoms with Crippen LogP contribution in [0.1, 0.15) is 29.9 Å². The van der Waals surface area contributed by atoms with Crippen LogP contribution in [0.25, 0.3) is 0 Å². The summed E-state index contributed by atoms with van der Waals surface area (Å²) >= 11 is 1.43. The number of ether oxygens (including phenoxy) is 2. The zero-order chi connectivity index (χ0) is 17.6. The lowest BCUT2D eigenvalue weighted by Crippen LogP contribution is -2.35. The first-order valence-electron chi connectivity index (χ1n) is 8.29. The van der Waals surface area contributed by atoms with Gasteiger partial charge in [0.2, 0.25) is 5.88 Å². The summed E-state index contributed by atoms with van der Waals surface area (Å²) in [6.45, 7) is 7.98. The predicted molar refractivity (Wildman–Crippen MR) is 96.2 cm³/mol. The molecule has 1 aliphatic heterocycles. The van der Waals surface area contributed by atoms with Crippen LogP contribution in [-0.4, -0.2) is 53.2 Å². The monoisotopic (exact) mass is 362 g/mol. The number of hydrogen-bond donors (Lipinski definition) is 1. The Bertz CT molecular complexity index is 696. The third kappa shape index (κ3) is 5.22. The van der Waals surface area contributed by atoms with Crippen molar-refractivity contribution in [2.75, 3.05) is 31.6 Å².